The van der Waals surface area contributed by atoms with Crippen LogP contribution in [0.25, 0.3) is 0 Å². The zero-order chi connectivity index (χ0) is 23.9. The molecule has 3 rings (SSSR count). The summed E-state index contributed by atoms with van der Waals surface area (Å²) in [6.45, 7) is 6.48. The maximum Gasteiger partial charge on any atom is 0.261 e. The van der Waals surface area contributed by atoms with E-state index in [1.54, 1.807) is 31.4 Å². The van der Waals surface area contributed by atoms with Crippen LogP contribution in [0.3, 0.4) is 0 Å². The molecule has 5 nitrogen and oxygen atoms in total. The molecule has 0 aliphatic heterocycles. The lowest BCUT2D eigenvalue weighted by atomic mass is 10.2. The summed E-state index contributed by atoms with van der Waals surface area (Å²) in [4.78, 5) is 0. The molecule has 0 fully saturated rings. The van der Waals surface area contributed by atoms with Crippen LogP contribution in [-0.2, 0) is 4.43 Å². The summed E-state index contributed by atoms with van der Waals surface area (Å²) in [6.07, 6.45) is -2.18. The average Bonchev–Trinajstić information content (AvgIpc) is 2.83. The van der Waals surface area contributed by atoms with Gasteiger partial charge < -0.3 is 24.1 Å². The number of benzene rings is 3. The fraction of sp³-hybridized carbons (Fsp3) is 0.333. The number of hydrogen-bond donors (Lipinski definition) is 2. The molecule has 0 radical (unpaired) electrons. The van der Waals surface area contributed by atoms with E-state index in [0.717, 1.165) is 16.1 Å². The monoisotopic (exact) mass is 466 g/mol. The van der Waals surface area contributed by atoms with E-state index in [4.69, 9.17) is 13.9 Å². The highest BCUT2D eigenvalue weighted by Crippen LogP contribution is 2.36. The summed E-state index contributed by atoms with van der Waals surface area (Å²) < 4.78 is 17.5. The maximum absolute atomic E-state index is 10.7. The average molecular weight is 467 g/mol. The maximum atomic E-state index is 10.7. The van der Waals surface area contributed by atoms with Gasteiger partial charge in [-0.25, -0.2) is 0 Å². The third-order valence-electron chi connectivity index (χ3n) is 5.81. The van der Waals surface area contributed by atoms with Crippen molar-refractivity contribution in [3.8, 4) is 11.5 Å². The van der Waals surface area contributed by atoms with Crippen molar-refractivity contribution < 1.29 is 24.1 Å². The minimum absolute atomic E-state index is 0.000417. The normalized spacial score (nSPS) is 13.9. The SMILES string of the molecule is COc1ccc(OC[C@H](O)[C@@H](O)CO[Si](c2ccccc2)(c2ccccc2)C(C)(C)C)cc1. The Hall–Kier alpha value is -2.64. The van der Waals surface area contributed by atoms with Gasteiger partial charge in [0, 0.05) is 0 Å². The summed E-state index contributed by atoms with van der Waals surface area (Å²) in [5.41, 5.74) is 0. The lowest BCUT2D eigenvalue weighted by Gasteiger charge is -2.43. The molecule has 6 heteroatoms. The molecule has 0 saturated heterocycles. The van der Waals surface area contributed by atoms with Gasteiger partial charge in [-0.2, -0.15) is 0 Å². The highest BCUT2D eigenvalue weighted by Gasteiger charge is 2.50. The molecule has 0 aliphatic rings. The van der Waals surface area contributed by atoms with Gasteiger partial charge in [-0.3, -0.25) is 0 Å². The van der Waals surface area contributed by atoms with Gasteiger partial charge in [-0.1, -0.05) is 81.4 Å². The lowest BCUT2D eigenvalue weighted by Crippen LogP contribution is -2.67. The molecule has 2 atom stereocenters. The second-order valence-corrected chi connectivity index (χ2v) is 13.4. The van der Waals surface area contributed by atoms with E-state index in [1.165, 1.54) is 0 Å². The molecular weight excluding hydrogens is 432 g/mol. The molecule has 0 saturated carbocycles. The predicted molar refractivity (Wildman–Crippen MR) is 134 cm³/mol. The van der Waals surface area contributed by atoms with E-state index < -0.39 is 20.5 Å². The second kappa shape index (κ2) is 11.0. The van der Waals surface area contributed by atoms with Crippen LogP contribution in [0.2, 0.25) is 5.04 Å². The molecule has 0 aromatic heterocycles. The molecule has 3 aromatic rings. The van der Waals surface area contributed by atoms with Gasteiger partial charge in [0.15, 0.2) is 0 Å². The zero-order valence-corrected chi connectivity index (χ0v) is 20.8. The molecule has 0 unspecified atom stereocenters. The van der Waals surface area contributed by atoms with E-state index in [-0.39, 0.29) is 18.3 Å². The number of hydrogen-bond acceptors (Lipinski definition) is 5. The van der Waals surface area contributed by atoms with Gasteiger partial charge in [0.2, 0.25) is 0 Å². The Morgan fingerprint density at radius 1 is 0.697 bits per heavy atom. The Labute approximate surface area is 197 Å². The Morgan fingerprint density at radius 3 is 1.61 bits per heavy atom. The highest BCUT2D eigenvalue weighted by atomic mass is 28.4. The summed E-state index contributed by atoms with van der Waals surface area (Å²) >= 11 is 0. The van der Waals surface area contributed by atoms with Gasteiger partial charge in [-0.05, 0) is 39.7 Å². The van der Waals surface area contributed by atoms with Crippen molar-refractivity contribution in [1.82, 2.24) is 0 Å². The molecule has 33 heavy (non-hydrogen) atoms. The number of methoxy groups -OCH3 is 1. The van der Waals surface area contributed by atoms with Crippen molar-refractivity contribution in [3.05, 3.63) is 84.9 Å². The zero-order valence-electron chi connectivity index (χ0n) is 19.8. The lowest BCUT2D eigenvalue weighted by molar-refractivity contribution is -0.0306. The molecule has 0 bridgehead atoms. The van der Waals surface area contributed by atoms with E-state index >= 15 is 0 Å². The van der Waals surface area contributed by atoms with Crippen molar-refractivity contribution in [2.75, 3.05) is 20.3 Å². The van der Waals surface area contributed by atoms with Crippen LogP contribution in [0.4, 0.5) is 0 Å². The molecule has 176 valence electrons. The number of aliphatic hydroxyl groups is 2. The molecule has 3 aromatic carbocycles. The summed E-state index contributed by atoms with van der Waals surface area (Å²) in [5, 5.41) is 23.3. The van der Waals surface area contributed by atoms with Crippen LogP contribution in [0.5, 0.6) is 11.5 Å². The third kappa shape index (κ3) is 5.84. The van der Waals surface area contributed by atoms with E-state index in [9.17, 15) is 10.2 Å². The first-order valence-corrected chi connectivity index (χ1v) is 13.1. The van der Waals surface area contributed by atoms with Crippen molar-refractivity contribution in [2.45, 2.75) is 38.0 Å². The van der Waals surface area contributed by atoms with Crippen molar-refractivity contribution >= 4 is 18.7 Å². The molecule has 0 aliphatic carbocycles. The highest BCUT2D eigenvalue weighted by molar-refractivity contribution is 6.99. The Balaban J connectivity index is 1.77. The summed E-state index contributed by atoms with van der Waals surface area (Å²) in [5.74, 6) is 1.32. The largest absolute Gasteiger partial charge is 0.497 e. The molecular formula is C27H34O5Si. The fourth-order valence-corrected chi connectivity index (χ4v) is 8.62. The summed E-state index contributed by atoms with van der Waals surface area (Å²) in [6, 6.07) is 27.5. The topological polar surface area (TPSA) is 68.2 Å². The number of ether oxygens (including phenoxy) is 2. The van der Waals surface area contributed by atoms with Crippen LogP contribution >= 0.6 is 0 Å². The Kier molecular flexibility index (Phi) is 8.32. The number of rotatable bonds is 10. The van der Waals surface area contributed by atoms with Gasteiger partial charge in [-0.15, -0.1) is 0 Å². The van der Waals surface area contributed by atoms with Gasteiger partial charge in [0.25, 0.3) is 8.32 Å². The van der Waals surface area contributed by atoms with Crippen LogP contribution in [0, 0.1) is 0 Å². The molecule has 0 spiro atoms. The van der Waals surface area contributed by atoms with Crippen LogP contribution in [0.15, 0.2) is 84.9 Å². The number of aliphatic hydroxyl groups excluding tert-OH is 2. The second-order valence-electron chi connectivity index (χ2n) is 9.10. The molecule has 0 amide bonds. The van der Waals surface area contributed by atoms with Gasteiger partial charge in [0.05, 0.1) is 13.7 Å². The third-order valence-corrected chi connectivity index (χ3v) is 10.8. The first kappa shape index (κ1) is 25.0. The fourth-order valence-electron chi connectivity index (χ4n) is 4.05. The first-order chi connectivity index (χ1) is 15.8. The van der Waals surface area contributed by atoms with E-state index in [1.807, 2.05) is 36.4 Å². The van der Waals surface area contributed by atoms with Crippen LogP contribution in [-0.4, -0.2) is 51.1 Å². The van der Waals surface area contributed by atoms with Gasteiger partial charge >= 0.3 is 0 Å². The Morgan fingerprint density at radius 2 is 1.15 bits per heavy atom. The van der Waals surface area contributed by atoms with Crippen LogP contribution in [0.1, 0.15) is 20.8 Å². The smallest absolute Gasteiger partial charge is 0.261 e. The first-order valence-electron chi connectivity index (χ1n) is 11.2. The molecule has 0 heterocycles. The minimum atomic E-state index is -2.78. The van der Waals surface area contributed by atoms with Crippen LogP contribution < -0.4 is 19.8 Å². The summed E-state index contributed by atoms with van der Waals surface area (Å²) in [7, 11) is -1.18. The molecule has 2 N–H and O–H groups in total. The standard InChI is InChI=1S/C27H34O5Si/c1-27(2,3)33(23-11-7-5-8-12-23,24-13-9-6-10-14-24)32-20-26(29)25(28)19-31-22-17-15-21(30-4)16-18-22/h5-18,25-26,28-29H,19-20H2,1-4H3/t25-,26-/m0/s1. The van der Waals surface area contributed by atoms with E-state index in [2.05, 4.69) is 45.0 Å². The minimum Gasteiger partial charge on any atom is -0.497 e. The van der Waals surface area contributed by atoms with Crippen molar-refractivity contribution in [1.29, 1.82) is 0 Å². The Bertz CT molecular complexity index is 931. The van der Waals surface area contributed by atoms with Crippen molar-refractivity contribution in [2.24, 2.45) is 0 Å². The van der Waals surface area contributed by atoms with Gasteiger partial charge in [0.1, 0.15) is 30.3 Å². The van der Waals surface area contributed by atoms with Crippen molar-refractivity contribution in [3.63, 3.8) is 0 Å². The predicted octanol–water partition coefficient (Wildman–Crippen LogP) is 3.37. The van der Waals surface area contributed by atoms with E-state index in [0.29, 0.717) is 5.75 Å². The quantitative estimate of drug-likeness (QED) is 0.449.